The summed E-state index contributed by atoms with van der Waals surface area (Å²) in [6.07, 6.45) is 2.70. The van der Waals surface area contributed by atoms with Gasteiger partial charge in [-0.1, -0.05) is 24.3 Å². The first kappa shape index (κ1) is 11.6. The average Bonchev–Trinajstić information content (AvgIpc) is 2.33. The summed E-state index contributed by atoms with van der Waals surface area (Å²) in [5, 5.41) is 7.03. The second-order valence-corrected chi connectivity index (χ2v) is 4.77. The number of aryl methyl sites for hydroxylation is 1. The van der Waals surface area contributed by atoms with E-state index in [4.69, 9.17) is 0 Å². The minimum absolute atomic E-state index is 0.817. The van der Waals surface area contributed by atoms with Crippen LogP contribution in [0.4, 0.5) is 0 Å². The van der Waals surface area contributed by atoms with Gasteiger partial charge in [0.2, 0.25) is 0 Å². The summed E-state index contributed by atoms with van der Waals surface area (Å²) in [6, 6.07) is 8.61. The molecule has 0 aromatic heterocycles. The molecule has 1 atom stereocenters. The van der Waals surface area contributed by atoms with Crippen molar-refractivity contribution in [2.75, 3.05) is 19.6 Å². The van der Waals surface area contributed by atoms with E-state index in [-0.39, 0.29) is 0 Å². The molecule has 2 rings (SSSR count). The quantitative estimate of drug-likeness (QED) is 0.808. The van der Waals surface area contributed by atoms with E-state index in [9.17, 15) is 0 Å². The van der Waals surface area contributed by atoms with Gasteiger partial charge in [0.25, 0.3) is 0 Å². The Bertz CT molecular complexity index is 316. The van der Waals surface area contributed by atoms with Crippen molar-refractivity contribution in [2.45, 2.75) is 26.3 Å². The van der Waals surface area contributed by atoms with Gasteiger partial charge in [-0.05, 0) is 56.4 Å². The van der Waals surface area contributed by atoms with E-state index >= 15 is 0 Å². The Morgan fingerprint density at radius 2 is 2.25 bits per heavy atom. The zero-order valence-corrected chi connectivity index (χ0v) is 10.1. The Kier molecular flexibility index (Phi) is 4.37. The van der Waals surface area contributed by atoms with Crippen LogP contribution in [0.15, 0.2) is 24.3 Å². The zero-order valence-electron chi connectivity index (χ0n) is 10.1. The highest BCUT2D eigenvalue weighted by Gasteiger charge is 2.11. The largest absolute Gasteiger partial charge is 0.316 e. The van der Waals surface area contributed by atoms with E-state index in [1.54, 1.807) is 0 Å². The molecular weight excluding hydrogens is 196 g/mol. The third-order valence-corrected chi connectivity index (χ3v) is 3.41. The fourth-order valence-corrected chi connectivity index (χ4v) is 2.32. The molecule has 1 heterocycles. The lowest BCUT2D eigenvalue weighted by atomic mass is 9.99. The third-order valence-electron chi connectivity index (χ3n) is 3.41. The number of piperidine rings is 1. The van der Waals surface area contributed by atoms with Crippen molar-refractivity contribution >= 4 is 0 Å². The Balaban J connectivity index is 1.73. The van der Waals surface area contributed by atoms with Gasteiger partial charge in [0, 0.05) is 6.54 Å². The highest BCUT2D eigenvalue weighted by Crippen LogP contribution is 2.10. The first-order chi connectivity index (χ1) is 7.86. The van der Waals surface area contributed by atoms with E-state index in [1.165, 1.54) is 37.1 Å². The molecule has 1 aromatic carbocycles. The topological polar surface area (TPSA) is 24.1 Å². The van der Waals surface area contributed by atoms with Crippen molar-refractivity contribution in [1.82, 2.24) is 10.6 Å². The van der Waals surface area contributed by atoms with Crippen LogP contribution in [0.5, 0.6) is 0 Å². The smallest absolute Gasteiger partial charge is 0.0208 e. The highest BCUT2D eigenvalue weighted by molar-refractivity contribution is 5.25. The summed E-state index contributed by atoms with van der Waals surface area (Å²) < 4.78 is 0. The molecule has 0 spiro atoms. The molecule has 2 heteroatoms. The zero-order chi connectivity index (χ0) is 11.2. The number of hydrogen-bond donors (Lipinski definition) is 2. The Labute approximate surface area is 98.4 Å². The van der Waals surface area contributed by atoms with Crippen molar-refractivity contribution in [3.05, 3.63) is 35.4 Å². The molecule has 88 valence electrons. The summed E-state index contributed by atoms with van der Waals surface area (Å²) >= 11 is 0. The van der Waals surface area contributed by atoms with E-state index in [0.717, 1.165) is 19.0 Å². The summed E-state index contributed by atoms with van der Waals surface area (Å²) in [6.45, 7) is 6.71. The minimum atomic E-state index is 0.817. The molecule has 1 aliphatic rings. The fraction of sp³-hybridized carbons (Fsp3) is 0.571. The molecule has 0 bridgehead atoms. The van der Waals surface area contributed by atoms with Crippen molar-refractivity contribution in [2.24, 2.45) is 5.92 Å². The van der Waals surface area contributed by atoms with Crippen LogP contribution in [0.1, 0.15) is 24.0 Å². The molecule has 16 heavy (non-hydrogen) atoms. The summed E-state index contributed by atoms with van der Waals surface area (Å²) in [5.74, 6) is 0.817. The average molecular weight is 218 g/mol. The van der Waals surface area contributed by atoms with Crippen LogP contribution in [0.2, 0.25) is 0 Å². The van der Waals surface area contributed by atoms with E-state index in [2.05, 4.69) is 41.8 Å². The molecular formula is C14H22N2. The number of nitrogens with one attached hydrogen (secondary N) is 2. The van der Waals surface area contributed by atoms with Crippen LogP contribution in [0.25, 0.3) is 0 Å². The van der Waals surface area contributed by atoms with Gasteiger partial charge in [-0.25, -0.2) is 0 Å². The van der Waals surface area contributed by atoms with Crippen LogP contribution >= 0.6 is 0 Å². The van der Waals surface area contributed by atoms with Gasteiger partial charge in [-0.15, -0.1) is 0 Å². The lowest BCUT2D eigenvalue weighted by molar-refractivity contribution is 0.360. The van der Waals surface area contributed by atoms with Gasteiger partial charge in [0.05, 0.1) is 0 Å². The van der Waals surface area contributed by atoms with Crippen LogP contribution in [-0.4, -0.2) is 19.6 Å². The van der Waals surface area contributed by atoms with Crippen LogP contribution in [-0.2, 0) is 6.54 Å². The predicted molar refractivity (Wildman–Crippen MR) is 68.5 cm³/mol. The lowest BCUT2D eigenvalue weighted by Crippen LogP contribution is -2.35. The van der Waals surface area contributed by atoms with E-state index in [0.29, 0.717) is 0 Å². The van der Waals surface area contributed by atoms with Gasteiger partial charge in [-0.2, -0.15) is 0 Å². The van der Waals surface area contributed by atoms with Crippen LogP contribution in [0.3, 0.4) is 0 Å². The molecule has 2 N–H and O–H groups in total. The van der Waals surface area contributed by atoms with Gasteiger partial charge in [0.15, 0.2) is 0 Å². The standard InChI is InChI=1S/C14H22N2/c1-12-5-2-3-7-14(12)11-16-10-13-6-4-8-15-9-13/h2-3,5,7,13,15-16H,4,6,8-11H2,1H3. The van der Waals surface area contributed by atoms with E-state index in [1.807, 2.05) is 0 Å². The number of rotatable bonds is 4. The SMILES string of the molecule is Cc1ccccc1CNCC1CCCNC1. The molecule has 0 saturated carbocycles. The first-order valence-corrected chi connectivity index (χ1v) is 6.32. The molecule has 0 amide bonds. The van der Waals surface area contributed by atoms with Crippen molar-refractivity contribution in [3.63, 3.8) is 0 Å². The van der Waals surface area contributed by atoms with Crippen LogP contribution in [0, 0.1) is 12.8 Å². The maximum absolute atomic E-state index is 3.57. The summed E-state index contributed by atoms with van der Waals surface area (Å²) in [7, 11) is 0. The second kappa shape index (κ2) is 6.02. The van der Waals surface area contributed by atoms with Gasteiger partial charge >= 0.3 is 0 Å². The number of hydrogen-bond acceptors (Lipinski definition) is 2. The Morgan fingerprint density at radius 1 is 1.38 bits per heavy atom. The maximum Gasteiger partial charge on any atom is 0.0208 e. The number of benzene rings is 1. The van der Waals surface area contributed by atoms with Gasteiger partial charge in [0.1, 0.15) is 0 Å². The first-order valence-electron chi connectivity index (χ1n) is 6.32. The molecule has 2 nitrogen and oxygen atoms in total. The van der Waals surface area contributed by atoms with Gasteiger partial charge in [-0.3, -0.25) is 0 Å². The van der Waals surface area contributed by atoms with Crippen LogP contribution < -0.4 is 10.6 Å². The molecule has 1 aliphatic heterocycles. The molecule has 1 aromatic rings. The van der Waals surface area contributed by atoms with E-state index < -0.39 is 0 Å². The monoisotopic (exact) mass is 218 g/mol. The molecule has 1 fully saturated rings. The lowest BCUT2D eigenvalue weighted by Gasteiger charge is -2.23. The minimum Gasteiger partial charge on any atom is -0.316 e. The highest BCUT2D eigenvalue weighted by atomic mass is 14.9. The normalized spacial score (nSPS) is 20.9. The third kappa shape index (κ3) is 3.32. The second-order valence-electron chi connectivity index (χ2n) is 4.77. The van der Waals surface area contributed by atoms with Crippen molar-refractivity contribution in [1.29, 1.82) is 0 Å². The van der Waals surface area contributed by atoms with Crippen molar-refractivity contribution < 1.29 is 0 Å². The molecule has 1 saturated heterocycles. The molecule has 0 radical (unpaired) electrons. The van der Waals surface area contributed by atoms with Crippen molar-refractivity contribution in [3.8, 4) is 0 Å². The summed E-state index contributed by atoms with van der Waals surface area (Å²) in [5.41, 5.74) is 2.81. The maximum atomic E-state index is 3.57. The Hall–Kier alpha value is -0.860. The fourth-order valence-electron chi connectivity index (χ4n) is 2.32. The predicted octanol–water partition coefficient (Wildman–Crippen LogP) is 2.08. The molecule has 1 unspecified atom stereocenters. The molecule has 0 aliphatic carbocycles. The summed E-state index contributed by atoms with van der Waals surface area (Å²) in [4.78, 5) is 0. The Morgan fingerprint density at radius 3 is 3.00 bits per heavy atom. The van der Waals surface area contributed by atoms with Gasteiger partial charge < -0.3 is 10.6 Å².